The molecule has 1 aliphatic rings. The number of carbonyl (C=O) groups excluding carboxylic acids is 2. The topological polar surface area (TPSA) is 83.3 Å². The molecule has 7 nitrogen and oxygen atoms in total. The number of nitrogens with zero attached hydrogens (tertiary/aromatic N) is 1. The maximum Gasteiger partial charge on any atom is 0.295 e. The van der Waals surface area contributed by atoms with Crippen molar-refractivity contribution in [1.82, 2.24) is 4.90 Å². The van der Waals surface area contributed by atoms with Crippen LogP contribution in [-0.2, 0) is 9.59 Å². The van der Waals surface area contributed by atoms with Crippen molar-refractivity contribution in [1.29, 1.82) is 0 Å². The Hall–Kier alpha value is -3.32. The molecular formula is C26H32N2O5. The van der Waals surface area contributed by atoms with Crippen LogP contribution in [0.3, 0.4) is 0 Å². The maximum atomic E-state index is 13.6. The Kier molecular flexibility index (Phi) is 7.76. The van der Waals surface area contributed by atoms with E-state index in [1.807, 2.05) is 33.2 Å². The summed E-state index contributed by atoms with van der Waals surface area (Å²) in [6, 6.07) is 11.6. The summed E-state index contributed by atoms with van der Waals surface area (Å²) in [6.07, 6.45) is 0.720. The molecule has 0 bridgehead atoms. The molecule has 1 fully saturated rings. The van der Waals surface area contributed by atoms with Crippen LogP contribution in [0.5, 0.6) is 11.5 Å². The number of rotatable bonds is 9. The number of methoxy groups -OCH3 is 1. The minimum Gasteiger partial charge on any atom is -0.872 e. The molecule has 1 unspecified atom stereocenters. The van der Waals surface area contributed by atoms with E-state index >= 15 is 0 Å². The highest BCUT2D eigenvalue weighted by molar-refractivity contribution is 6.46. The van der Waals surface area contributed by atoms with Crippen LogP contribution in [0.4, 0.5) is 0 Å². The van der Waals surface area contributed by atoms with Crippen LogP contribution in [0.1, 0.15) is 36.1 Å². The van der Waals surface area contributed by atoms with Crippen LogP contribution in [0.15, 0.2) is 48.0 Å². The van der Waals surface area contributed by atoms with Gasteiger partial charge in [0.25, 0.3) is 5.91 Å². The Morgan fingerprint density at radius 3 is 2.33 bits per heavy atom. The Balaban J connectivity index is 2.09. The summed E-state index contributed by atoms with van der Waals surface area (Å²) in [7, 11) is 5.63. The molecule has 0 radical (unpaired) electrons. The van der Waals surface area contributed by atoms with Gasteiger partial charge in [-0.15, -0.1) is 0 Å². The zero-order chi connectivity index (χ0) is 24.1. The summed E-state index contributed by atoms with van der Waals surface area (Å²) >= 11 is 0. The molecule has 0 aromatic heterocycles. The Labute approximate surface area is 195 Å². The van der Waals surface area contributed by atoms with Crippen molar-refractivity contribution in [3.05, 3.63) is 64.7 Å². The molecule has 1 saturated heterocycles. The molecule has 1 amide bonds. The van der Waals surface area contributed by atoms with Gasteiger partial charge in [0.15, 0.2) is 0 Å². The number of Topliss-reactive ketones (excluding diaryl/α,β-unsaturated/α-hetero) is 1. The van der Waals surface area contributed by atoms with Crippen LogP contribution in [-0.4, -0.2) is 57.5 Å². The summed E-state index contributed by atoms with van der Waals surface area (Å²) in [5, 5.41) is 13.6. The summed E-state index contributed by atoms with van der Waals surface area (Å²) < 4.78 is 10.8. The molecule has 0 aliphatic carbocycles. The summed E-state index contributed by atoms with van der Waals surface area (Å²) in [4.78, 5) is 28.9. The third-order valence-corrected chi connectivity index (χ3v) is 5.79. The average molecular weight is 453 g/mol. The van der Waals surface area contributed by atoms with Crippen molar-refractivity contribution in [2.75, 3.05) is 40.9 Å². The fourth-order valence-corrected chi connectivity index (χ4v) is 4.13. The van der Waals surface area contributed by atoms with E-state index in [0.29, 0.717) is 41.3 Å². The number of aryl methyl sites for hydroxylation is 1. The molecule has 2 aromatic rings. The first-order chi connectivity index (χ1) is 15.8. The largest absolute Gasteiger partial charge is 0.872 e. The number of ether oxygens (including phenoxy) is 2. The van der Waals surface area contributed by atoms with Crippen LogP contribution >= 0.6 is 0 Å². The van der Waals surface area contributed by atoms with Crippen molar-refractivity contribution in [3.8, 4) is 11.5 Å². The van der Waals surface area contributed by atoms with E-state index in [9.17, 15) is 14.7 Å². The first-order valence-electron chi connectivity index (χ1n) is 11.2. The molecular weight excluding hydrogens is 420 g/mol. The number of ketones is 1. The lowest BCUT2D eigenvalue weighted by Gasteiger charge is -2.28. The maximum absolute atomic E-state index is 13.6. The van der Waals surface area contributed by atoms with E-state index in [2.05, 4.69) is 0 Å². The Bertz CT molecular complexity index is 1040. The monoisotopic (exact) mass is 452 g/mol. The van der Waals surface area contributed by atoms with Gasteiger partial charge in [0.05, 0.1) is 40.4 Å². The standard InChI is InChI=1S/C26H32N2O5/c1-6-33-19-10-8-18(9-11-19)23-22(24(29)21-13-12-20(32-5)16-17(21)2)25(30)26(31)28(23)15-7-14-27(3)4/h8-13,16,23,29H,6-7,14-15H2,1-5H3/b24-22+. The van der Waals surface area contributed by atoms with Gasteiger partial charge in [0.2, 0.25) is 5.78 Å². The minimum atomic E-state index is -0.730. The second-order valence-corrected chi connectivity index (χ2v) is 8.47. The number of amides is 1. The number of hydrogen-bond acceptors (Lipinski definition) is 5. The number of nitrogens with one attached hydrogen (secondary N) is 1. The SMILES string of the molecule is CCOc1ccc(C2/C(=C(\[O-])c3ccc(OC)cc3C)C(=O)C(=O)N2CCC[NH+](C)C)cc1. The molecule has 2 aromatic carbocycles. The first kappa shape index (κ1) is 24.3. The van der Waals surface area contributed by atoms with Crippen molar-refractivity contribution in [2.24, 2.45) is 0 Å². The second kappa shape index (κ2) is 10.5. The lowest BCUT2D eigenvalue weighted by atomic mass is 9.93. The predicted molar refractivity (Wildman–Crippen MR) is 124 cm³/mol. The molecule has 1 heterocycles. The third-order valence-electron chi connectivity index (χ3n) is 5.79. The zero-order valence-corrected chi connectivity index (χ0v) is 19.9. The molecule has 176 valence electrons. The van der Waals surface area contributed by atoms with Gasteiger partial charge in [0.1, 0.15) is 11.5 Å². The van der Waals surface area contributed by atoms with E-state index in [1.165, 1.54) is 9.80 Å². The number of hydrogen-bond donors (Lipinski definition) is 1. The second-order valence-electron chi connectivity index (χ2n) is 8.47. The van der Waals surface area contributed by atoms with Crippen molar-refractivity contribution >= 4 is 17.4 Å². The molecule has 1 aliphatic heterocycles. The van der Waals surface area contributed by atoms with Gasteiger partial charge < -0.3 is 24.4 Å². The van der Waals surface area contributed by atoms with Gasteiger partial charge in [-0.1, -0.05) is 24.0 Å². The fourth-order valence-electron chi connectivity index (χ4n) is 4.13. The number of carbonyl (C=O) groups is 2. The number of quaternary nitrogens is 1. The van der Waals surface area contributed by atoms with Gasteiger partial charge in [-0.3, -0.25) is 9.59 Å². The number of likely N-dealkylation sites (tertiary alicyclic amines) is 1. The minimum absolute atomic E-state index is 0.00498. The van der Waals surface area contributed by atoms with E-state index in [4.69, 9.17) is 9.47 Å². The fraction of sp³-hybridized carbons (Fsp3) is 0.385. The number of benzene rings is 2. The Morgan fingerprint density at radius 1 is 1.09 bits per heavy atom. The summed E-state index contributed by atoms with van der Waals surface area (Å²) in [5.41, 5.74) is 1.79. The summed E-state index contributed by atoms with van der Waals surface area (Å²) in [6.45, 7) is 5.46. The molecule has 3 rings (SSSR count). The Morgan fingerprint density at radius 2 is 1.76 bits per heavy atom. The van der Waals surface area contributed by atoms with E-state index in [0.717, 1.165) is 13.0 Å². The first-order valence-corrected chi connectivity index (χ1v) is 11.2. The molecule has 33 heavy (non-hydrogen) atoms. The smallest absolute Gasteiger partial charge is 0.295 e. The quantitative estimate of drug-likeness (QED) is 0.351. The van der Waals surface area contributed by atoms with Gasteiger partial charge in [-0.25, -0.2) is 0 Å². The predicted octanol–water partition coefficient (Wildman–Crippen LogP) is 1.16. The van der Waals surface area contributed by atoms with Gasteiger partial charge in [0, 0.05) is 18.5 Å². The molecule has 7 heteroatoms. The van der Waals surface area contributed by atoms with Crippen LogP contribution in [0.2, 0.25) is 0 Å². The van der Waals surface area contributed by atoms with Gasteiger partial charge >= 0.3 is 0 Å². The molecule has 1 atom stereocenters. The third kappa shape index (κ3) is 5.20. The molecule has 0 saturated carbocycles. The van der Waals surface area contributed by atoms with Crippen LogP contribution in [0.25, 0.3) is 5.76 Å². The highest BCUT2D eigenvalue weighted by atomic mass is 16.5. The van der Waals surface area contributed by atoms with Crippen LogP contribution < -0.4 is 19.5 Å². The van der Waals surface area contributed by atoms with Crippen molar-refractivity contribution in [2.45, 2.75) is 26.3 Å². The summed E-state index contributed by atoms with van der Waals surface area (Å²) in [5.74, 6) is -0.464. The van der Waals surface area contributed by atoms with Gasteiger partial charge in [-0.2, -0.15) is 0 Å². The molecule has 0 spiro atoms. The highest BCUT2D eigenvalue weighted by Crippen LogP contribution is 2.39. The van der Waals surface area contributed by atoms with Gasteiger partial charge in [-0.05, 0) is 54.8 Å². The van der Waals surface area contributed by atoms with E-state index < -0.39 is 23.5 Å². The normalized spacial score (nSPS) is 17.6. The lowest BCUT2D eigenvalue weighted by Crippen LogP contribution is -3.05. The zero-order valence-electron chi connectivity index (χ0n) is 19.9. The van der Waals surface area contributed by atoms with Crippen LogP contribution in [0, 0.1) is 6.92 Å². The van der Waals surface area contributed by atoms with Crippen molar-refractivity contribution < 1.29 is 29.1 Å². The highest BCUT2D eigenvalue weighted by Gasteiger charge is 2.44. The molecule has 1 N–H and O–H groups in total. The van der Waals surface area contributed by atoms with Crippen molar-refractivity contribution in [3.63, 3.8) is 0 Å². The average Bonchev–Trinajstić information content (AvgIpc) is 3.04. The lowest BCUT2D eigenvalue weighted by molar-refractivity contribution is -0.858. The van der Waals surface area contributed by atoms with E-state index in [-0.39, 0.29) is 5.57 Å². The van der Waals surface area contributed by atoms with E-state index in [1.54, 1.807) is 44.4 Å².